The van der Waals surface area contributed by atoms with E-state index >= 15 is 0 Å². The minimum absolute atomic E-state index is 0.559. The number of fused-ring (bicyclic) bond motifs is 1. The van der Waals surface area contributed by atoms with Crippen LogP contribution in [-0.4, -0.2) is 0 Å². The van der Waals surface area contributed by atoms with Gasteiger partial charge in [0.15, 0.2) is 0 Å². The third-order valence-corrected chi connectivity index (χ3v) is 2.74. The second-order valence-electron chi connectivity index (χ2n) is 3.92. The molecule has 86 valence electrons. The Hall–Kier alpha value is -2.16. The van der Waals surface area contributed by atoms with Gasteiger partial charge in [0.2, 0.25) is 0 Å². The Kier molecular flexibility index (Phi) is 2.58. The van der Waals surface area contributed by atoms with Gasteiger partial charge in [0.05, 0.1) is 12.8 Å². The topological polar surface area (TPSA) is 34.4 Å². The average molecular weight is 227 g/mol. The van der Waals surface area contributed by atoms with E-state index in [9.17, 15) is 0 Å². The molecule has 0 atom stereocenters. The lowest BCUT2D eigenvalue weighted by Gasteiger charge is -2.06. The number of hydrogen-bond donors (Lipinski definition) is 1. The first-order valence-electron chi connectivity index (χ1n) is 5.60. The predicted molar refractivity (Wildman–Crippen MR) is 64.9 cm³/mol. The monoisotopic (exact) mass is 227 g/mol. The second kappa shape index (κ2) is 4.37. The summed E-state index contributed by atoms with van der Waals surface area (Å²) in [6, 6.07) is 12.1. The first-order valence-corrected chi connectivity index (χ1v) is 5.60. The van der Waals surface area contributed by atoms with E-state index in [1.165, 1.54) is 0 Å². The van der Waals surface area contributed by atoms with Gasteiger partial charge in [-0.2, -0.15) is 0 Å². The van der Waals surface area contributed by atoms with E-state index in [4.69, 9.17) is 9.15 Å². The van der Waals surface area contributed by atoms with E-state index < -0.39 is 0 Å². The quantitative estimate of drug-likeness (QED) is 0.813. The van der Waals surface area contributed by atoms with Crippen molar-refractivity contribution in [1.82, 2.24) is 5.32 Å². The van der Waals surface area contributed by atoms with Gasteiger partial charge in [-0.25, -0.2) is 0 Å². The van der Waals surface area contributed by atoms with Gasteiger partial charge in [-0.05, 0) is 6.07 Å². The molecule has 3 rings (SSSR count). The number of ether oxygens (including phenoxy) is 1. The highest BCUT2D eigenvalue weighted by Crippen LogP contribution is 2.26. The summed E-state index contributed by atoms with van der Waals surface area (Å²) in [5, 5.41) is 3.11. The van der Waals surface area contributed by atoms with Crippen LogP contribution in [0.2, 0.25) is 0 Å². The van der Waals surface area contributed by atoms with Crippen LogP contribution in [-0.2, 0) is 17.9 Å². The fraction of sp³-hybridized carbons (Fsp3) is 0.143. The summed E-state index contributed by atoms with van der Waals surface area (Å²) in [4.78, 5) is 0. The lowest BCUT2D eigenvalue weighted by molar-refractivity contribution is 0.228. The first kappa shape index (κ1) is 10.0. The van der Waals surface area contributed by atoms with Crippen molar-refractivity contribution in [2.45, 2.75) is 13.2 Å². The van der Waals surface area contributed by atoms with Crippen LogP contribution in [0.5, 0.6) is 0 Å². The van der Waals surface area contributed by atoms with Crippen molar-refractivity contribution < 1.29 is 9.15 Å². The summed E-state index contributed by atoms with van der Waals surface area (Å²) in [6.07, 6.45) is 3.45. The second-order valence-corrected chi connectivity index (χ2v) is 3.92. The van der Waals surface area contributed by atoms with Crippen LogP contribution >= 0.6 is 0 Å². The summed E-state index contributed by atoms with van der Waals surface area (Å²) in [7, 11) is 0. The van der Waals surface area contributed by atoms with Gasteiger partial charge in [0, 0.05) is 17.3 Å². The molecule has 0 bridgehead atoms. The molecular weight excluding hydrogens is 214 g/mol. The minimum Gasteiger partial charge on any atom is -0.495 e. The molecule has 1 aromatic carbocycles. The fourth-order valence-electron chi connectivity index (χ4n) is 1.87. The van der Waals surface area contributed by atoms with Gasteiger partial charge in [0.1, 0.15) is 18.1 Å². The van der Waals surface area contributed by atoms with E-state index in [-0.39, 0.29) is 0 Å². The number of furan rings is 1. The molecule has 17 heavy (non-hydrogen) atoms. The Labute approximate surface area is 99.7 Å². The predicted octanol–water partition coefficient (Wildman–Crippen LogP) is 3.04. The van der Waals surface area contributed by atoms with E-state index in [0.29, 0.717) is 13.2 Å². The molecule has 0 saturated heterocycles. The van der Waals surface area contributed by atoms with Crippen LogP contribution in [0.15, 0.2) is 53.3 Å². The highest BCUT2D eigenvalue weighted by atomic mass is 16.5. The largest absolute Gasteiger partial charge is 0.495 e. The molecule has 0 aliphatic carbocycles. The lowest BCUT2D eigenvalue weighted by atomic mass is 10.1. The molecule has 3 heteroatoms. The van der Waals surface area contributed by atoms with Crippen molar-refractivity contribution in [3.05, 3.63) is 60.2 Å². The van der Waals surface area contributed by atoms with Gasteiger partial charge in [-0.3, -0.25) is 0 Å². The SMILES string of the molecule is C1=C\OCc2cc(-c3ccccc3)oc2CN/1. The summed E-state index contributed by atoms with van der Waals surface area (Å²) in [6.45, 7) is 1.26. The van der Waals surface area contributed by atoms with E-state index in [2.05, 4.69) is 5.32 Å². The molecule has 0 spiro atoms. The molecule has 1 aliphatic heterocycles. The maximum atomic E-state index is 5.85. The molecule has 1 N–H and O–H groups in total. The van der Waals surface area contributed by atoms with Crippen molar-refractivity contribution in [3.63, 3.8) is 0 Å². The van der Waals surface area contributed by atoms with Crippen LogP contribution in [0.4, 0.5) is 0 Å². The van der Waals surface area contributed by atoms with Crippen LogP contribution in [0, 0.1) is 0 Å². The van der Waals surface area contributed by atoms with Crippen molar-refractivity contribution in [2.24, 2.45) is 0 Å². The van der Waals surface area contributed by atoms with Gasteiger partial charge >= 0.3 is 0 Å². The number of hydrogen-bond acceptors (Lipinski definition) is 3. The van der Waals surface area contributed by atoms with Gasteiger partial charge in [0.25, 0.3) is 0 Å². The molecule has 1 aromatic heterocycles. The maximum Gasteiger partial charge on any atom is 0.134 e. The molecule has 0 amide bonds. The van der Waals surface area contributed by atoms with Crippen molar-refractivity contribution in [1.29, 1.82) is 0 Å². The van der Waals surface area contributed by atoms with Crippen molar-refractivity contribution >= 4 is 0 Å². The molecule has 0 fully saturated rings. The van der Waals surface area contributed by atoms with Crippen LogP contribution in [0.3, 0.4) is 0 Å². The fourth-order valence-corrected chi connectivity index (χ4v) is 1.87. The molecule has 1 aliphatic rings. The summed E-state index contributed by atoms with van der Waals surface area (Å²) < 4.78 is 11.2. The van der Waals surface area contributed by atoms with Gasteiger partial charge < -0.3 is 14.5 Å². The molecule has 2 aromatic rings. The minimum atomic E-state index is 0.559. The highest BCUT2D eigenvalue weighted by Gasteiger charge is 2.13. The Morgan fingerprint density at radius 1 is 1.12 bits per heavy atom. The third kappa shape index (κ3) is 2.04. The van der Waals surface area contributed by atoms with Crippen LogP contribution < -0.4 is 5.32 Å². The Bertz CT molecular complexity index is 501. The molecule has 0 unspecified atom stereocenters. The molecule has 0 saturated carbocycles. The standard InChI is InChI=1S/C14H13NO2/c1-2-4-11(5-3-1)13-8-12-10-16-7-6-15-9-14(12)17-13/h1-8,15H,9-10H2/b7-6-. The maximum absolute atomic E-state index is 5.85. The molecule has 2 heterocycles. The lowest BCUT2D eigenvalue weighted by Crippen LogP contribution is -2.08. The summed E-state index contributed by atoms with van der Waals surface area (Å²) in [5.41, 5.74) is 2.19. The van der Waals surface area contributed by atoms with Crippen molar-refractivity contribution in [3.8, 4) is 11.3 Å². The first-order chi connectivity index (χ1) is 8.43. The van der Waals surface area contributed by atoms with Crippen molar-refractivity contribution in [2.75, 3.05) is 0 Å². The smallest absolute Gasteiger partial charge is 0.134 e. The normalized spacial score (nSPS) is 16.0. The Morgan fingerprint density at radius 2 is 2.00 bits per heavy atom. The molecular formula is C14H13NO2. The Morgan fingerprint density at radius 3 is 2.88 bits per heavy atom. The molecule has 0 radical (unpaired) electrons. The van der Waals surface area contributed by atoms with Gasteiger partial charge in [-0.1, -0.05) is 30.3 Å². The average Bonchev–Trinajstić information content (AvgIpc) is 2.73. The number of benzene rings is 1. The number of nitrogens with one attached hydrogen (secondary N) is 1. The molecule has 3 nitrogen and oxygen atoms in total. The van der Waals surface area contributed by atoms with Crippen LogP contribution in [0.1, 0.15) is 11.3 Å². The van der Waals surface area contributed by atoms with Gasteiger partial charge in [-0.15, -0.1) is 0 Å². The zero-order valence-electron chi connectivity index (χ0n) is 9.35. The zero-order chi connectivity index (χ0) is 11.5. The number of rotatable bonds is 1. The van der Waals surface area contributed by atoms with E-state index in [1.807, 2.05) is 36.4 Å². The van der Waals surface area contributed by atoms with E-state index in [1.54, 1.807) is 12.5 Å². The summed E-state index contributed by atoms with van der Waals surface area (Å²) in [5.74, 6) is 1.83. The van der Waals surface area contributed by atoms with E-state index in [0.717, 1.165) is 22.6 Å². The van der Waals surface area contributed by atoms with Crippen LogP contribution in [0.25, 0.3) is 11.3 Å². The summed E-state index contributed by atoms with van der Waals surface area (Å²) >= 11 is 0. The highest BCUT2D eigenvalue weighted by molar-refractivity contribution is 5.58. The third-order valence-electron chi connectivity index (χ3n) is 2.74. The zero-order valence-corrected chi connectivity index (χ0v) is 9.35. The Balaban J connectivity index is 1.96.